The Labute approximate surface area is 75.0 Å². The lowest BCUT2D eigenvalue weighted by Crippen LogP contribution is -2.22. The molecule has 0 aromatic rings. The summed E-state index contributed by atoms with van der Waals surface area (Å²) in [4.78, 5) is 0. The largest absolute Gasteiger partial charge is 0.198 e. The number of halogens is 1. The first kappa shape index (κ1) is 9.71. The van der Waals surface area contributed by atoms with Crippen molar-refractivity contribution in [2.24, 2.45) is 5.92 Å². The van der Waals surface area contributed by atoms with Crippen LogP contribution in [0.3, 0.4) is 0 Å². The summed E-state index contributed by atoms with van der Waals surface area (Å²) in [6.45, 7) is 3.76. The summed E-state index contributed by atoms with van der Waals surface area (Å²) >= 11 is 2.08. The van der Waals surface area contributed by atoms with E-state index in [2.05, 4.69) is 34.7 Å². The van der Waals surface area contributed by atoms with Gasteiger partial charge in [-0.1, -0.05) is 29.5 Å². The third-order valence-electron chi connectivity index (χ3n) is 1.54. The monoisotopic (exact) mass is 248 g/mol. The summed E-state index contributed by atoms with van der Waals surface area (Å²) in [5.41, 5.74) is 0. The Hall–Kier alpha value is -0.290. The van der Waals surface area contributed by atoms with Crippen molar-refractivity contribution in [1.29, 1.82) is 10.5 Å². The first-order chi connectivity index (χ1) is 4.54. The highest BCUT2D eigenvalue weighted by Gasteiger charge is 2.26. The highest BCUT2D eigenvalue weighted by Crippen LogP contribution is 2.28. The van der Waals surface area contributed by atoms with Gasteiger partial charge in [-0.05, 0) is 12.8 Å². The standard InChI is InChI=1S/C7H9IN2/c1-6(3-4-9)7(2,8)5-10/h6H,3H2,1-2H3. The van der Waals surface area contributed by atoms with Crippen molar-refractivity contribution in [1.82, 2.24) is 0 Å². The molecule has 0 aliphatic rings. The zero-order valence-corrected chi connectivity index (χ0v) is 8.21. The van der Waals surface area contributed by atoms with Crippen LogP contribution in [0.2, 0.25) is 0 Å². The average Bonchev–Trinajstić information content (AvgIpc) is 1.89. The molecule has 0 aromatic carbocycles. The molecule has 2 unspecified atom stereocenters. The van der Waals surface area contributed by atoms with E-state index >= 15 is 0 Å². The van der Waals surface area contributed by atoms with Gasteiger partial charge in [-0.2, -0.15) is 10.5 Å². The molecule has 10 heavy (non-hydrogen) atoms. The minimum Gasteiger partial charge on any atom is -0.198 e. The second-order valence-corrected chi connectivity index (χ2v) is 4.69. The normalized spacial score (nSPS) is 18.1. The van der Waals surface area contributed by atoms with Crippen LogP contribution in [0.1, 0.15) is 20.3 Å². The summed E-state index contributed by atoms with van der Waals surface area (Å²) < 4.78 is -0.395. The lowest BCUT2D eigenvalue weighted by molar-refractivity contribution is 0.538. The third-order valence-corrected chi connectivity index (χ3v) is 2.85. The maximum atomic E-state index is 8.62. The summed E-state index contributed by atoms with van der Waals surface area (Å²) in [7, 11) is 0. The Morgan fingerprint density at radius 3 is 2.40 bits per heavy atom. The van der Waals surface area contributed by atoms with E-state index in [0.717, 1.165) is 0 Å². The molecule has 2 nitrogen and oxygen atoms in total. The van der Waals surface area contributed by atoms with E-state index in [4.69, 9.17) is 10.5 Å². The SMILES string of the molecule is CC(CC#N)C(C)(I)C#N. The van der Waals surface area contributed by atoms with Crippen molar-refractivity contribution >= 4 is 22.6 Å². The Morgan fingerprint density at radius 1 is 1.60 bits per heavy atom. The van der Waals surface area contributed by atoms with Crippen LogP contribution in [0.5, 0.6) is 0 Å². The number of nitriles is 2. The number of hydrogen-bond donors (Lipinski definition) is 0. The minimum absolute atomic E-state index is 0.142. The van der Waals surface area contributed by atoms with E-state index in [1.807, 2.05) is 13.8 Å². The zero-order chi connectivity index (χ0) is 8.20. The molecule has 0 saturated carbocycles. The molecule has 0 heterocycles. The molecular formula is C7H9IN2. The molecule has 2 atom stereocenters. The van der Waals surface area contributed by atoms with Crippen LogP contribution in [0.15, 0.2) is 0 Å². The van der Waals surface area contributed by atoms with Crippen molar-refractivity contribution in [3.05, 3.63) is 0 Å². The maximum absolute atomic E-state index is 8.62. The van der Waals surface area contributed by atoms with Crippen LogP contribution in [0.4, 0.5) is 0 Å². The van der Waals surface area contributed by atoms with Crippen LogP contribution >= 0.6 is 22.6 Å². The summed E-state index contributed by atoms with van der Waals surface area (Å²) in [5, 5.41) is 17.0. The molecule has 3 heteroatoms. The van der Waals surface area contributed by atoms with Gasteiger partial charge in [0.25, 0.3) is 0 Å². The van der Waals surface area contributed by atoms with E-state index in [9.17, 15) is 0 Å². The predicted octanol–water partition coefficient (Wildman–Crippen LogP) is 2.25. The quantitative estimate of drug-likeness (QED) is 0.555. The highest BCUT2D eigenvalue weighted by molar-refractivity contribution is 14.1. The molecule has 0 N–H and O–H groups in total. The Bertz CT molecular complexity index is 185. The van der Waals surface area contributed by atoms with Gasteiger partial charge < -0.3 is 0 Å². The van der Waals surface area contributed by atoms with Crippen molar-refractivity contribution in [2.45, 2.75) is 23.7 Å². The van der Waals surface area contributed by atoms with Crippen molar-refractivity contribution < 1.29 is 0 Å². The Balaban J connectivity index is 4.10. The van der Waals surface area contributed by atoms with Crippen molar-refractivity contribution in [2.75, 3.05) is 0 Å². The molecule has 0 saturated heterocycles. The van der Waals surface area contributed by atoms with Crippen molar-refractivity contribution in [3.63, 3.8) is 0 Å². The zero-order valence-electron chi connectivity index (χ0n) is 6.06. The summed E-state index contributed by atoms with van der Waals surface area (Å²) in [5.74, 6) is 0.142. The van der Waals surface area contributed by atoms with Crippen LogP contribution in [0, 0.1) is 28.6 Å². The molecule has 0 radical (unpaired) electrons. The highest BCUT2D eigenvalue weighted by atomic mass is 127. The Morgan fingerprint density at radius 2 is 2.10 bits per heavy atom. The van der Waals surface area contributed by atoms with Gasteiger partial charge in [-0.3, -0.25) is 0 Å². The average molecular weight is 248 g/mol. The van der Waals surface area contributed by atoms with Crippen LogP contribution in [-0.2, 0) is 0 Å². The molecule has 0 rings (SSSR count). The number of alkyl halides is 1. The molecule has 0 aliphatic carbocycles. The lowest BCUT2D eigenvalue weighted by atomic mass is 9.95. The first-order valence-electron chi connectivity index (χ1n) is 3.01. The fourth-order valence-corrected chi connectivity index (χ4v) is 0.659. The van der Waals surface area contributed by atoms with E-state index < -0.39 is 3.42 Å². The third kappa shape index (κ3) is 2.53. The second-order valence-electron chi connectivity index (χ2n) is 2.45. The molecule has 0 aliphatic heterocycles. The molecule has 0 aromatic heterocycles. The molecule has 0 fully saturated rings. The molecule has 54 valence electrons. The fourth-order valence-electron chi connectivity index (χ4n) is 0.439. The number of hydrogen-bond acceptors (Lipinski definition) is 2. The number of rotatable bonds is 2. The number of nitrogens with zero attached hydrogens (tertiary/aromatic N) is 2. The predicted molar refractivity (Wildman–Crippen MR) is 47.4 cm³/mol. The topological polar surface area (TPSA) is 47.6 Å². The first-order valence-corrected chi connectivity index (χ1v) is 4.09. The van der Waals surface area contributed by atoms with Gasteiger partial charge in [-0.25, -0.2) is 0 Å². The summed E-state index contributed by atoms with van der Waals surface area (Å²) in [6.07, 6.45) is 0.451. The molecular weight excluding hydrogens is 239 g/mol. The van der Waals surface area contributed by atoms with Crippen molar-refractivity contribution in [3.8, 4) is 12.1 Å². The molecule has 0 bridgehead atoms. The molecule has 0 spiro atoms. The smallest absolute Gasteiger partial charge is 0.109 e. The van der Waals surface area contributed by atoms with Gasteiger partial charge in [0.1, 0.15) is 3.42 Å². The van der Waals surface area contributed by atoms with Gasteiger partial charge in [0.15, 0.2) is 0 Å². The summed E-state index contributed by atoms with van der Waals surface area (Å²) in [6, 6.07) is 4.21. The lowest BCUT2D eigenvalue weighted by Gasteiger charge is -2.18. The minimum atomic E-state index is -0.395. The van der Waals surface area contributed by atoms with Crippen LogP contribution in [-0.4, -0.2) is 3.42 Å². The Kier molecular flexibility index (Phi) is 3.67. The van der Waals surface area contributed by atoms with Gasteiger partial charge in [-0.15, -0.1) is 0 Å². The van der Waals surface area contributed by atoms with Gasteiger partial charge >= 0.3 is 0 Å². The van der Waals surface area contributed by atoms with Gasteiger partial charge in [0, 0.05) is 6.42 Å². The van der Waals surface area contributed by atoms with Gasteiger partial charge in [0.2, 0.25) is 0 Å². The van der Waals surface area contributed by atoms with E-state index in [0.29, 0.717) is 6.42 Å². The maximum Gasteiger partial charge on any atom is 0.109 e. The second kappa shape index (κ2) is 3.78. The van der Waals surface area contributed by atoms with E-state index in [-0.39, 0.29) is 5.92 Å². The van der Waals surface area contributed by atoms with E-state index in [1.165, 1.54) is 0 Å². The van der Waals surface area contributed by atoms with E-state index in [1.54, 1.807) is 0 Å². The molecule has 0 amide bonds. The van der Waals surface area contributed by atoms with Gasteiger partial charge in [0.05, 0.1) is 12.1 Å². The van der Waals surface area contributed by atoms with Crippen LogP contribution in [0.25, 0.3) is 0 Å². The van der Waals surface area contributed by atoms with Crippen LogP contribution < -0.4 is 0 Å². The fraction of sp³-hybridized carbons (Fsp3) is 0.714.